The van der Waals surface area contributed by atoms with E-state index in [-0.39, 0.29) is 24.0 Å². The highest BCUT2D eigenvalue weighted by Gasteiger charge is 2.37. The van der Waals surface area contributed by atoms with E-state index in [2.05, 4.69) is 5.32 Å². The highest BCUT2D eigenvalue weighted by Crippen LogP contribution is 2.13. The highest BCUT2D eigenvalue weighted by atomic mass is 32.2. The van der Waals surface area contributed by atoms with Crippen molar-refractivity contribution in [2.24, 2.45) is 0 Å². The second kappa shape index (κ2) is 5.80. The maximum absolute atomic E-state index is 11.9. The van der Waals surface area contributed by atoms with Gasteiger partial charge >= 0.3 is 0 Å². The van der Waals surface area contributed by atoms with E-state index in [1.807, 2.05) is 30.3 Å². The first-order valence-electron chi connectivity index (χ1n) is 6.31. The van der Waals surface area contributed by atoms with Crippen LogP contribution in [0.2, 0.25) is 0 Å². The van der Waals surface area contributed by atoms with Gasteiger partial charge in [-0.1, -0.05) is 18.2 Å². The van der Waals surface area contributed by atoms with Crippen molar-refractivity contribution < 1.29 is 18.3 Å². The fourth-order valence-electron chi connectivity index (χ4n) is 2.21. The molecule has 1 aromatic rings. The number of carbonyl (C=O) groups is 1. The average molecular weight is 298 g/mol. The van der Waals surface area contributed by atoms with Crippen molar-refractivity contribution in [3.8, 4) is 0 Å². The van der Waals surface area contributed by atoms with Crippen LogP contribution in [0.1, 0.15) is 0 Å². The van der Waals surface area contributed by atoms with Crippen molar-refractivity contribution in [2.75, 3.05) is 30.0 Å². The Bertz CT molecular complexity index is 573. The van der Waals surface area contributed by atoms with Gasteiger partial charge in [-0.25, -0.2) is 8.42 Å². The quantitative estimate of drug-likeness (QED) is 0.775. The SMILES string of the molecule is CN(CC(=O)N[C@@H]1CS(=O)(=O)C[C@H]1O)c1ccccc1. The van der Waals surface area contributed by atoms with Gasteiger partial charge < -0.3 is 15.3 Å². The van der Waals surface area contributed by atoms with Crippen LogP contribution < -0.4 is 10.2 Å². The molecule has 0 spiro atoms. The van der Waals surface area contributed by atoms with Crippen molar-refractivity contribution >= 4 is 21.4 Å². The Kier molecular flexibility index (Phi) is 4.29. The van der Waals surface area contributed by atoms with Crippen molar-refractivity contribution in [3.05, 3.63) is 30.3 Å². The summed E-state index contributed by atoms with van der Waals surface area (Å²) in [7, 11) is -1.47. The van der Waals surface area contributed by atoms with Crippen molar-refractivity contribution in [3.63, 3.8) is 0 Å². The van der Waals surface area contributed by atoms with E-state index in [0.717, 1.165) is 5.69 Å². The summed E-state index contributed by atoms with van der Waals surface area (Å²) in [6, 6.07) is 8.67. The van der Waals surface area contributed by atoms with Gasteiger partial charge in [-0.15, -0.1) is 0 Å². The summed E-state index contributed by atoms with van der Waals surface area (Å²) >= 11 is 0. The standard InChI is InChI=1S/C13H18N2O4S/c1-15(10-5-3-2-4-6-10)7-13(17)14-11-8-20(18,19)9-12(11)16/h2-6,11-12,16H,7-9H2,1H3,(H,14,17)/t11-,12-/m1/s1. The molecule has 110 valence electrons. The third-order valence-electron chi connectivity index (χ3n) is 3.25. The summed E-state index contributed by atoms with van der Waals surface area (Å²) < 4.78 is 22.7. The second-order valence-corrected chi connectivity index (χ2v) is 7.16. The van der Waals surface area contributed by atoms with Gasteiger partial charge in [0, 0.05) is 12.7 Å². The molecule has 0 unspecified atom stereocenters. The Morgan fingerprint density at radius 3 is 2.55 bits per heavy atom. The van der Waals surface area contributed by atoms with Gasteiger partial charge in [-0.2, -0.15) is 0 Å². The van der Waals surface area contributed by atoms with E-state index in [4.69, 9.17) is 0 Å². The maximum Gasteiger partial charge on any atom is 0.239 e. The van der Waals surface area contributed by atoms with Gasteiger partial charge in [0.1, 0.15) is 0 Å². The highest BCUT2D eigenvalue weighted by molar-refractivity contribution is 7.91. The van der Waals surface area contributed by atoms with Gasteiger partial charge in [-0.05, 0) is 12.1 Å². The zero-order valence-electron chi connectivity index (χ0n) is 11.2. The van der Waals surface area contributed by atoms with Crippen LogP contribution in [-0.2, 0) is 14.6 Å². The number of hydrogen-bond donors (Lipinski definition) is 2. The van der Waals surface area contributed by atoms with Crippen LogP contribution in [0.15, 0.2) is 30.3 Å². The number of anilines is 1. The normalized spacial score (nSPS) is 24.3. The van der Waals surface area contributed by atoms with Crippen molar-refractivity contribution in [1.82, 2.24) is 5.32 Å². The molecule has 1 heterocycles. The first-order valence-corrected chi connectivity index (χ1v) is 8.13. The molecule has 1 fully saturated rings. The zero-order valence-corrected chi connectivity index (χ0v) is 12.0. The predicted octanol–water partition coefficient (Wildman–Crippen LogP) is -0.603. The molecule has 0 radical (unpaired) electrons. The molecule has 2 atom stereocenters. The van der Waals surface area contributed by atoms with Crippen LogP contribution >= 0.6 is 0 Å². The van der Waals surface area contributed by atoms with Crippen LogP contribution in [0.25, 0.3) is 0 Å². The first kappa shape index (κ1) is 14.8. The van der Waals surface area contributed by atoms with Crippen LogP contribution in [0.4, 0.5) is 5.69 Å². The molecule has 1 aliphatic rings. The van der Waals surface area contributed by atoms with Gasteiger partial charge in [0.2, 0.25) is 5.91 Å². The minimum absolute atomic E-state index is 0.104. The fourth-order valence-corrected chi connectivity index (χ4v) is 3.95. The molecule has 7 heteroatoms. The maximum atomic E-state index is 11.9. The summed E-state index contributed by atoms with van der Waals surface area (Å²) in [5.74, 6) is -0.793. The Balaban J connectivity index is 1.90. The number of sulfone groups is 1. The number of benzene rings is 1. The van der Waals surface area contributed by atoms with Crippen LogP contribution in [0.5, 0.6) is 0 Å². The van der Waals surface area contributed by atoms with E-state index in [1.54, 1.807) is 11.9 Å². The van der Waals surface area contributed by atoms with Crippen LogP contribution in [0.3, 0.4) is 0 Å². The first-order chi connectivity index (χ1) is 9.37. The van der Waals surface area contributed by atoms with Gasteiger partial charge in [-0.3, -0.25) is 4.79 Å². The molecule has 1 amide bonds. The molecule has 6 nitrogen and oxygen atoms in total. The van der Waals surface area contributed by atoms with Crippen molar-refractivity contribution in [1.29, 1.82) is 0 Å². The lowest BCUT2D eigenvalue weighted by molar-refractivity contribution is -0.120. The summed E-state index contributed by atoms with van der Waals surface area (Å²) in [6.45, 7) is 0.104. The zero-order chi connectivity index (χ0) is 14.8. The molecule has 0 aromatic heterocycles. The average Bonchev–Trinajstić information content (AvgIpc) is 2.63. The molecule has 0 saturated carbocycles. The summed E-state index contributed by atoms with van der Waals surface area (Å²) in [5.41, 5.74) is 0.891. The molecular weight excluding hydrogens is 280 g/mol. The number of likely N-dealkylation sites (N-methyl/N-ethyl adjacent to an activating group) is 1. The molecule has 1 saturated heterocycles. The van der Waals surface area contributed by atoms with E-state index in [0.29, 0.717) is 0 Å². The van der Waals surface area contributed by atoms with E-state index < -0.39 is 22.0 Å². The Morgan fingerprint density at radius 1 is 1.35 bits per heavy atom. The smallest absolute Gasteiger partial charge is 0.239 e. The molecule has 0 bridgehead atoms. The molecule has 1 aliphatic heterocycles. The van der Waals surface area contributed by atoms with Gasteiger partial charge in [0.25, 0.3) is 0 Å². The Labute approximate surface area is 118 Å². The van der Waals surface area contributed by atoms with Gasteiger partial charge in [0.05, 0.1) is 30.2 Å². The number of aliphatic hydroxyl groups excluding tert-OH is 1. The predicted molar refractivity (Wildman–Crippen MR) is 76.3 cm³/mol. The van der Waals surface area contributed by atoms with Crippen LogP contribution in [0, 0.1) is 0 Å². The lowest BCUT2D eigenvalue weighted by Crippen LogP contribution is -2.46. The second-order valence-electron chi connectivity index (χ2n) is 5.01. The topological polar surface area (TPSA) is 86.7 Å². The van der Waals surface area contributed by atoms with Crippen molar-refractivity contribution in [2.45, 2.75) is 12.1 Å². The number of rotatable bonds is 4. The monoisotopic (exact) mass is 298 g/mol. The molecule has 1 aromatic carbocycles. The largest absolute Gasteiger partial charge is 0.390 e. The lowest BCUT2D eigenvalue weighted by atomic mass is 10.2. The van der Waals surface area contributed by atoms with E-state index in [1.165, 1.54) is 0 Å². The third-order valence-corrected chi connectivity index (χ3v) is 4.96. The number of amides is 1. The number of hydrogen-bond acceptors (Lipinski definition) is 5. The molecule has 2 N–H and O–H groups in total. The molecule has 2 rings (SSSR count). The third kappa shape index (κ3) is 3.71. The fraction of sp³-hybridized carbons (Fsp3) is 0.462. The summed E-state index contributed by atoms with van der Waals surface area (Å²) in [5, 5.41) is 12.2. The molecule has 20 heavy (non-hydrogen) atoms. The lowest BCUT2D eigenvalue weighted by Gasteiger charge is -2.21. The number of aliphatic hydroxyl groups is 1. The molecular formula is C13H18N2O4S. The van der Waals surface area contributed by atoms with E-state index in [9.17, 15) is 18.3 Å². The Hall–Kier alpha value is -1.60. The van der Waals surface area contributed by atoms with Crippen LogP contribution in [-0.4, -0.2) is 56.7 Å². The van der Waals surface area contributed by atoms with Gasteiger partial charge in [0.15, 0.2) is 9.84 Å². The number of para-hydroxylation sites is 1. The summed E-state index contributed by atoms with van der Waals surface area (Å²) in [6.07, 6.45) is -1.02. The Morgan fingerprint density at radius 2 is 2.00 bits per heavy atom. The minimum Gasteiger partial charge on any atom is -0.390 e. The number of nitrogens with zero attached hydrogens (tertiary/aromatic N) is 1. The number of carbonyl (C=O) groups excluding carboxylic acids is 1. The molecule has 0 aliphatic carbocycles. The minimum atomic E-state index is -3.25. The summed E-state index contributed by atoms with van der Waals surface area (Å²) in [4.78, 5) is 13.6. The number of nitrogens with one attached hydrogen (secondary N) is 1. The van der Waals surface area contributed by atoms with E-state index >= 15 is 0 Å².